The van der Waals surface area contributed by atoms with Gasteiger partial charge in [-0.1, -0.05) is 19.9 Å². The lowest BCUT2D eigenvalue weighted by Crippen LogP contribution is -2.11. The number of rotatable bonds is 6. The second-order valence-electron chi connectivity index (χ2n) is 6.87. The van der Waals surface area contributed by atoms with Crippen molar-refractivity contribution in [3.8, 4) is 28.8 Å². The lowest BCUT2D eigenvalue weighted by atomic mass is 10.1. The number of nitriles is 1. The Labute approximate surface area is 194 Å². The van der Waals surface area contributed by atoms with E-state index >= 15 is 0 Å². The molecule has 0 amide bonds. The van der Waals surface area contributed by atoms with Crippen LogP contribution in [0.25, 0.3) is 16.9 Å². The zero-order chi connectivity index (χ0) is 23.7. The van der Waals surface area contributed by atoms with Gasteiger partial charge < -0.3 is 15.8 Å². The molecule has 1 aliphatic rings. The fourth-order valence-corrected chi connectivity index (χ4v) is 3.10. The summed E-state index contributed by atoms with van der Waals surface area (Å²) < 4.78 is 21.1. The molecule has 0 radical (unpaired) electrons. The van der Waals surface area contributed by atoms with Gasteiger partial charge in [0.25, 0.3) is 0 Å². The monoisotopic (exact) mass is 455 g/mol. The Hall–Kier alpha value is -3.02. The first kappa shape index (κ1) is 25.2. The maximum Gasteiger partial charge on any atom is 0.149 e. The van der Waals surface area contributed by atoms with Crippen LogP contribution in [0.15, 0.2) is 48.5 Å². The van der Waals surface area contributed by atoms with Gasteiger partial charge in [-0.15, -0.1) is 5.10 Å². The van der Waals surface area contributed by atoms with Crippen molar-refractivity contribution in [3.05, 3.63) is 59.9 Å². The first-order chi connectivity index (χ1) is 15.6. The van der Waals surface area contributed by atoms with Gasteiger partial charge in [0, 0.05) is 24.2 Å². The van der Waals surface area contributed by atoms with Crippen LogP contribution in [-0.4, -0.2) is 35.7 Å². The number of ether oxygens (including phenoxy) is 1. The number of anilines is 1. The van der Waals surface area contributed by atoms with E-state index in [0.717, 1.165) is 30.1 Å². The molecule has 32 heavy (non-hydrogen) atoms. The Bertz CT molecular complexity index is 1050. The van der Waals surface area contributed by atoms with Crippen molar-refractivity contribution in [3.63, 3.8) is 0 Å². The van der Waals surface area contributed by atoms with E-state index in [2.05, 4.69) is 23.0 Å². The summed E-state index contributed by atoms with van der Waals surface area (Å²) in [5, 5.41) is 16.9. The molecule has 170 valence electrons. The first-order valence-corrected chi connectivity index (χ1v) is 11.4. The average molecular weight is 456 g/mol. The average Bonchev–Trinajstić information content (AvgIpc) is 3.39. The highest BCUT2D eigenvalue weighted by molar-refractivity contribution is 7.79. The fourth-order valence-electron chi connectivity index (χ4n) is 3.10. The van der Waals surface area contributed by atoms with Gasteiger partial charge >= 0.3 is 0 Å². The lowest BCUT2D eigenvalue weighted by molar-refractivity contribution is 0.414. The molecule has 8 heteroatoms. The zero-order valence-electron chi connectivity index (χ0n) is 18.8. The Kier molecular flexibility index (Phi) is 9.57. The fraction of sp³-hybridized carbons (Fsp3) is 0.333. The lowest BCUT2D eigenvalue weighted by Gasteiger charge is -2.09. The third kappa shape index (κ3) is 6.02. The maximum absolute atomic E-state index is 14.2. The molecule has 0 aliphatic heterocycles. The number of hydrogen-bond acceptors (Lipinski definition) is 6. The van der Waals surface area contributed by atoms with Crippen LogP contribution in [0.3, 0.4) is 0 Å². The Morgan fingerprint density at radius 1 is 1.22 bits per heavy atom. The van der Waals surface area contributed by atoms with Gasteiger partial charge in [-0.25, -0.2) is 9.07 Å². The topological polar surface area (TPSA) is 88.9 Å². The number of methoxy groups -OCH3 is 1. The van der Waals surface area contributed by atoms with E-state index in [1.54, 1.807) is 24.1 Å². The number of thiol groups is 1. The maximum atomic E-state index is 14.2. The number of nitrogens with two attached hydrogens (primary N) is 1. The predicted octanol–water partition coefficient (Wildman–Crippen LogP) is 4.89. The number of nitrogens with zero attached hydrogens (tertiary/aromatic N) is 3. The minimum absolute atomic E-state index is 0.0142. The number of nitrogens with one attached hydrogen (secondary N) is 1. The molecule has 0 bridgehead atoms. The van der Waals surface area contributed by atoms with Crippen molar-refractivity contribution in [2.24, 2.45) is 11.7 Å². The van der Waals surface area contributed by atoms with E-state index in [-0.39, 0.29) is 11.6 Å². The molecule has 1 aromatic heterocycles. The number of benzene rings is 2. The molecule has 3 aromatic rings. The van der Waals surface area contributed by atoms with Crippen LogP contribution in [0.2, 0.25) is 0 Å². The van der Waals surface area contributed by atoms with Crippen molar-refractivity contribution >= 4 is 18.4 Å². The Balaban J connectivity index is 0.000000860. The third-order valence-electron chi connectivity index (χ3n) is 4.93. The molecule has 2 aromatic carbocycles. The highest BCUT2D eigenvalue weighted by Gasteiger charge is 2.33. The number of hydrogen-bond donors (Lipinski definition) is 3. The van der Waals surface area contributed by atoms with E-state index < -0.39 is 5.82 Å². The number of halogens is 1. The molecule has 4 rings (SSSR count). The molecule has 1 fully saturated rings. The van der Waals surface area contributed by atoms with Crippen LogP contribution in [0.1, 0.15) is 25.8 Å². The number of aromatic nitrogens is 2. The van der Waals surface area contributed by atoms with Crippen LogP contribution in [-0.2, 0) is 0 Å². The second kappa shape index (κ2) is 12.1. The predicted molar refractivity (Wildman–Crippen MR) is 131 cm³/mol. The molecule has 1 aliphatic carbocycles. The van der Waals surface area contributed by atoms with Gasteiger partial charge in [0.15, 0.2) is 0 Å². The Morgan fingerprint density at radius 2 is 1.88 bits per heavy atom. The normalized spacial score (nSPS) is 15.9. The van der Waals surface area contributed by atoms with Crippen LogP contribution < -0.4 is 15.8 Å². The van der Waals surface area contributed by atoms with Crippen LogP contribution in [0, 0.1) is 23.1 Å². The molecular weight excluding hydrogens is 425 g/mol. The summed E-state index contributed by atoms with van der Waals surface area (Å²) in [7, 11) is 1.61. The standard InChI is InChI=1S/C21H20FN5O.C2H6.CH4S/c1-28-17-6-4-16(5-7-17)27-20(13-2-3-14(11-23)18(22)8-13)10-21(26-27)25-12-15-9-19(15)24;2*1-2/h2-8,10,15,19H,9,12,24H2,1H3,(H,25,26);1-2H3;2H,1H3/t15-,19-;;/m0../s1. The summed E-state index contributed by atoms with van der Waals surface area (Å²) in [4.78, 5) is 0. The molecule has 0 spiro atoms. The highest BCUT2D eigenvalue weighted by Crippen LogP contribution is 2.30. The minimum atomic E-state index is -0.555. The van der Waals surface area contributed by atoms with E-state index in [9.17, 15) is 4.39 Å². The van der Waals surface area contributed by atoms with Gasteiger partial charge in [-0.2, -0.15) is 17.9 Å². The van der Waals surface area contributed by atoms with E-state index in [1.807, 2.05) is 50.2 Å². The molecule has 1 saturated carbocycles. The van der Waals surface area contributed by atoms with E-state index in [4.69, 9.17) is 15.7 Å². The summed E-state index contributed by atoms with van der Waals surface area (Å²) >= 11 is 3.53. The smallest absolute Gasteiger partial charge is 0.149 e. The van der Waals surface area contributed by atoms with Crippen LogP contribution >= 0.6 is 12.6 Å². The molecular formula is C24H30FN5OS. The van der Waals surface area contributed by atoms with Gasteiger partial charge in [0.05, 0.1) is 24.1 Å². The summed E-state index contributed by atoms with van der Waals surface area (Å²) in [5.41, 5.74) is 8.06. The van der Waals surface area contributed by atoms with Crippen LogP contribution in [0.5, 0.6) is 5.75 Å². The molecule has 3 N–H and O–H groups in total. The van der Waals surface area contributed by atoms with E-state index in [0.29, 0.717) is 17.3 Å². The molecule has 1 heterocycles. The highest BCUT2D eigenvalue weighted by atomic mass is 32.1. The summed E-state index contributed by atoms with van der Waals surface area (Å²) in [6.07, 6.45) is 2.71. The van der Waals surface area contributed by atoms with Crippen molar-refractivity contribution in [2.45, 2.75) is 26.3 Å². The zero-order valence-corrected chi connectivity index (χ0v) is 19.7. The first-order valence-electron chi connectivity index (χ1n) is 10.5. The van der Waals surface area contributed by atoms with Crippen LogP contribution in [0.4, 0.5) is 10.2 Å². The van der Waals surface area contributed by atoms with Gasteiger partial charge in [-0.3, -0.25) is 0 Å². The van der Waals surface area contributed by atoms with Gasteiger partial charge in [0.2, 0.25) is 0 Å². The minimum Gasteiger partial charge on any atom is -0.497 e. The van der Waals surface area contributed by atoms with Crippen molar-refractivity contribution < 1.29 is 9.13 Å². The molecule has 2 atom stereocenters. The Morgan fingerprint density at radius 3 is 2.41 bits per heavy atom. The van der Waals surface area contributed by atoms with Crippen molar-refractivity contribution in [1.29, 1.82) is 5.26 Å². The second-order valence-corrected chi connectivity index (χ2v) is 6.87. The van der Waals surface area contributed by atoms with Gasteiger partial charge in [0.1, 0.15) is 23.5 Å². The largest absolute Gasteiger partial charge is 0.497 e. The van der Waals surface area contributed by atoms with Gasteiger partial charge in [-0.05, 0) is 55.0 Å². The molecule has 6 nitrogen and oxygen atoms in total. The third-order valence-corrected chi connectivity index (χ3v) is 4.93. The summed E-state index contributed by atoms with van der Waals surface area (Å²) in [6, 6.07) is 16.0. The quantitative estimate of drug-likeness (QED) is 0.461. The molecule has 0 saturated heterocycles. The van der Waals surface area contributed by atoms with Crippen molar-refractivity contribution in [1.82, 2.24) is 9.78 Å². The summed E-state index contributed by atoms with van der Waals surface area (Å²) in [6.45, 7) is 4.75. The van der Waals surface area contributed by atoms with Crippen molar-refractivity contribution in [2.75, 3.05) is 25.2 Å². The summed E-state index contributed by atoms with van der Waals surface area (Å²) in [5.74, 6) is 1.33. The van der Waals surface area contributed by atoms with E-state index in [1.165, 1.54) is 12.1 Å². The SMILES string of the molecule is CC.COc1ccc(-n2nc(NC[C@@H]3C[C@@H]3N)cc2-c2ccc(C#N)c(F)c2)cc1.CS. The molecule has 0 unspecified atom stereocenters.